The Bertz CT molecular complexity index is 1080. The smallest absolute Gasteiger partial charge is 0.319 e. The molecular formula is C17H11ClF3N3O2. The minimum Gasteiger partial charge on any atom is -0.319 e. The van der Waals surface area contributed by atoms with E-state index in [-0.39, 0.29) is 10.7 Å². The van der Waals surface area contributed by atoms with Crippen molar-refractivity contribution in [3.8, 4) is 0 Å². The fourth-order valence-electron chi connectivity index (χ4n) is 2.41. The molecule has 134 valence electrons. The lowest BCUT2D eigenvalue weighted by Gasteiger charge is -2.12. The first kappa shape index (κ1) is 17.9. The number of nitrogens with one attached hydrogen (secondary N) is 1. The van der Waals surface area contributed by atoms with E-state index in [4.69, 9.17) is 11.6 Å². The Labute approximate surface area is 150 Å². The molecule has 0 spiro atoms. The number of fused-ring (bicyclic) bond motifs is 1. The topological polar surface area (TPSA) is 64.0 Å². The van der Waals surface area contributed by atoms with Gasteiger partial charge in [-0.3, -0.25) is 9.59 Å². The van der Waals surface area contributed by atoms with Gasteiger partial charge in [-0.2, -0.15) is 13.2 Å². The van der Waals surface area contributed by atoms with Crippen LogP contribution in [-0.2, 0) is 13.2 Å². The van der Waals surface area contributed by atoms with Crippen LogP contribution in [-0.4, -0.2) is 15.5 Å². The number of para-hydroxylation sites is 2. The van der Waals surface area contributed by atoms with Crippen LogP contribution < -0.4 is 10.9 Å². The number of halogens is 4. The van der Waals surface area contributed by atoms with E-state index in [1.54, 1.807) is 24.3 Å². The molecule has 0 unspecified atom stereocenters. The van der Waals surface area contributed by atoms with Gasteiger partial charge in [-0.1, -0.05) is 23.7 Å². The van der Waals surface area contributed by atoms with E-state index in [9.17, 15) is 22.8 Å². The normalized spacial score (nSPS) is 11.6. The van der Waals surface area contributed by atoms with Gasteiger partial charge in [-0.05, 0) is 30.3 Å². The van der Waals surface area contributed by atoms with Gasteiger partial charge in [-0.15, -0.1) is 0 Å². The van der Waals surface area contributed by atoms with E-state index < -0.39 is 28.9 Å². The first-order valence-electron chi connectivity index (χ1n) is 7.32. The molecule has 1 heterocycles. The summed E-state index contributed by atoms with van der Waals surface area (Å²) in [5, 5.41) is 2.13. The third-order valence-electron chi connectivity index (χ3n) is 3.74. The van der Waals surface area contributed by atoms with Gasteiger partial charge >= 0.3 is 6.18 Å². The van der Waals surface area contributed by atoms with Crippen molar-refractivity contribution in [3.05, 3.63) is 69.1 Å². The second-order valence-electron chi connectivity index (χ2n) is 5.46. The van der Waals surface area contributed by atoms with Crippen LogP contribution in [0.1, 0.15) is 16.1 Å². The van der Waals surface area contributed by atoms with Crippen molar-refractivity contribution < 1.29 is 18.0 Å². The average molecular weight is 382 g/mol. The molecular weight excluding hydrogens is 371 g/mol. The summed E-state index contributed by atoms with van der Waals surface area (Å²) in [5.74, 6) is -0.947. The molecule has 1 amide bonds. The van der Waals surface area contributed by atoms with Crippen molar-refractivity contribution in [1.82, 2.24) is 9.55 Å². The zero-order valence-electron chi connectivity index (χ0n) is 13.3. The largest absolute Gasteiger partial charge is 0.416 e. The number of nitrogens with zero attached hydrogens (tertiary/aromatic N) is 2. The van der Waals surface area contributed by atoms with Crippen molar-refractivity contribution in [2.45, 2.75) is 6.18 Å². The van der Waals surface area contributed by atoms with Crippen LogP contribution in [0, 0.1) is 0 Å². The van der Waals surface area contributed by atoms with E-state index in [0.717, 1.165) is 12.1 Å². The summed E-state index contributed by atoms with van der Waals surface area (Å²) < 4.78 is 39.7. The molecule has 0 atom stereocenters. The van der Waals surface area contributed by atoms with Crippen LogP contribution >= 0.6 is 11.6 Å². The molecule has 0 aliphatic rings. The molecule has 0 aliphatic heterocycles. The standard InChI is InChI=1S/C17H11ClF3N3O2/c1-24-13-5-3-2-4-11(13)22-14(16(24)26)15(25)23-12-8-9(17(19,20)21)6-7-10(12)18/h2-8H,1H3,(H,23,25). The summed E-state index contributed by atoms with van der Waals surface area (Å²) in [6, 6.07) is 9.19. The molecule has 3 rings (SSSR count). The third kappa shape index (κ3) is 3.28. The van der Waals surface area contributed by atoms with Gasteiger partial charge in [-0.25, -0.2) is 4.98 Å². The maximum absolute atomic E-state index is 12.8. The zero-order valence-corrected chi connectivity index (χ0v) is 14.0. The number of alkyl halides is 3. The summed E-state index contributed by atoms with van der Waals surface area (Å²) in [6.45, 7) is 0. The Balaban J connectivity index is 2.03. The SMILES string of the molecule is Cn1c(=O)c(C(=O)Nc2cc(C(F)(F)F)ccc2Cl)nc2ccccc21. The Kier molecular flexibility index (Phi) is 4.45. The summed E-state index contributed by atoms with van der Waals surface area (Å²) in [5.41, 5.74) is -1.44. The summed E-state index contributed by atoms with van der Waals surface area (Å²) >= 11 is 5.86. The predicted octanol–water partition coefficient (Wildman–Crippen LogP) is 3.86. The minimum absolute atomic E-state index is 0.0936. The molecule has 1 aromatic heterocycles. The second kappa shape index (κ2) is 6.45. The van der Waals surface area contributed by atoms with Crippen LogP contribution in [0.25, 0.3) is 11.0 Å². The number of amides is 1. The number of hydrogen-bond donors (Lipinski definition) is 1. The summed E-state index contributed by atoms with van der Waals surface area (Å²) in [6.07, 6.45) is -4.60. The number of benzene rings is 2. The Hall–Kier alpha value is -2.87. The number of rotatable bonds is 2. The van der Waals surface area contributed by atoms with Crippen LogP contribution in [0.2, 0.25) is 5.02 Å². The number of aromatic nitrogens is 2. The van der Waals surface area contributed by atoms with E-state index in [2.05, 4.69) is 10.3 Å². The van der Waals surface area contributed by atoms with E-state index >= 15 is 0 Å². The van der Waals surface area contributed by atoms with Gasteiger partial charge in [0.05, 0.1) is 27.3 Å². The zero-order chi connectivity index (χ0) is 19.1. The second-order valence-corrected chi connectivity index (χ2v) is 5.87. The first-order valence-corrected chi connectivity index (χ1v) is 7.70. The number of carbonyl (C=O) groups is 1. The number of hydrogen-bond acceptors (Lipinski definition) is 3. The predicted molar refractivity (Wildman–Crippen MR) is 91.4 cm³/mol. The molecule has 26 heavy (non-hydrogen) atoms. The van der Waals surface area contributed by atoms with Gasteiger partial charge in [0.2, 0.25) is 0 Å². The van der Waals surface area contributed by atoms with Crippen molar-refractivity contribution in [2.24, 2.45) is 7.05 Å². The van der Waals surface area contributed by atoms with Crippen molar-refractivity contribution in [3.63, 3.8) is 0 Å². The van der Waals surface area contributed by atoms with Crippen molar-refractivity contribution in [1.29, 1.82) is 0 Å². The Morgan fingerprint density at radius 3 is 2.58 bits per heavy atom. The molecule has 0 bridgehead atoms. The van der Waals surface area contributed by atoms with Crippen molar-refractivity contribution >= 4 is 34.2 Å². The maximum atomic E-state index is 12.8. The monoisotopic (exact) mass is 381 g/mol. The third-order valence-corrected chi connectivity index (χ3v) is 4.07. The quantitative estimate of drug-likeness (QED) is 0.733. The highest BCUT2D eigenvalue weighted by atomic mass is 35.5. The fourth-order valence-corrected chi connectivity index (χ4v) is 2.57. The highest BCUT2D eigenvalue weighted by Gasteiger charge is 2.31. The lowest BCUT2D eigenvalue weighted by Crippen LogP contribution is -2.30. The molecule has 0 aliphatic carbocycles. The van der Waals surface area contributed by atoms with E-state index in [1.807, 2.05) is 0 Å². The summed E-state index contributed by atoms with van der Waals surface area (Å²) in [4.78, 5) is 28.8. The summed E-state index contributed by atoms with van der Waals surface area (Å²) in [7, 11) is 1.47. The number of anilines is 1. The Morgan fingerprint density at radius 1 is 1.19 bits per heavy atom. The van der Waals surface area contributed by atoms with Gasteiger partial charge in [0.1, 0.15) is 0 Å². The van der Waals surface area contributed by atoms with Gasteiger partial charge < -0.3 is 9.88 Å². The van der Waals surface area contributed by atoms with Crippen LogP contribution in [0.3, 0.4) is 0 Å². The molecule has 3 aromatic rings. The lowest BCUT2D eigenvalue weighted by atomic mass is 10.2. The fraction of sp³-hybridized carbons (Fsp3) is 0.118. The van der Waals surface area contributed by atoms with Crippen LogP contribution in [0.4, 0.5) is 18.9 Å². The minimum atomic E-state index is -4.60. The molecule has 0 saturated carbocycles. The molecule has 2 aromatic carbocycles. The van der Waals surface area contributed by atoms with E-state index in [0.29, 0.717) is 17.1 Å². The molecule has 0 fully saturated rings. The Morgan fingerprint density at radius 2 is 1.88 bits per heavy atom. The highest BCUT2D eigenvalue weighted by Crippen LogP contribution is 2.33. The lowest BCUT2D eigenvalue weighted by molar-refractivity contribution is -0.137. The van der Waals surface area contributed by atoms with Gasteiger partial charge in [0, 0.05) is 7.05 Å². The van der Waals surface area contributed by atoms with Crippen LogP contribution in [0.5, 0.6) is 0 Å². The maximum Gasteiger partial charge on any atom is 0.416 e. The van der Waals surface area contributed by atoms with Gasteiger partial charge in [0.15, 0.2) is 5.69 Å². The molecule has 1 N–H and O–H groups in total. The van der Waals surface area contributed by atoms with E-state index in [1.165, 1.54) is 11.6 Å². The van der Waals surface area contributed by atoms with Gasteiger partial charge in [0.25, 0.3) is 11.5 Å². The number of carbonyl (C=O) groups excluding carboxylic acids is 1. The highest BCUT2D eigenvalue weighted by molar-refractivity contribution is 6.33. The molecule has 0 radical (unpaired) electrons. The van der Waals surface area contributed by atoms with Crippen molar-refractivity contribution in [2.75, 3.05) is 5.32 Å². The molecule has 5 nitrogen and oxygen atoms in total. The molecule has 9 heteroatoms. The van der Waals surface area contributed by atoms with Crippen LogP contribution in [0.15, 0.2) is 47.3 Å². The number of aryl methyl sites for hydroxylation is 1. The molecule has 0 saturated heterocycles. The average Bonchev–Trinajstić information content (AvgIpc) is 2.59. The first-order chi connectivity index (χ1) is 12.2.